The van der Waals surface area contributed by atoms with Gasteiger partial charge in [-0.1, -0.05) is 17.2 Å². The molecule has 5 heteroatoms. The highest BCUT2D eigenvalue weighted by Gasteiger charge is 2.37. The number of nitriles is 1. The van der Waals surface area contributed by atoms with E-state index in [2.05, 4.69) is 0 Å². The second kappa shape index (κ2) is 4.52. The van der Waals surface area contributed by atoms with E-state index < -0.39 is 11.8 Å². The van der Waals surface area contributed by atoms with Crippen LogP contribution >= 0.6 is 0 Å². The molecule has 0 spiro atoms. The van der Waals surface area contributed by atoms with Crippen LogP contribution in [0.25, 0.3) is 0 Å². The molecule has 3 rings (SSSR count). The Morgan fingerprint density at radius 3 is 1.95 bits per heavy atom. The Hall–Kier alpha value is -3.13. The Kier molecular flexibility index (Phi) is 2.70. The second-order valence-electron chi connectivity index (χ2n) is 4.18. The molecule has 2 aromatic rings. The molecule has 0 atom stereocenters. The lowest BCUT2D eigenvalue weighted by molar-refractivity contribution is -0.0141. The molecule has 20 heavy (non-hydrogen) atoms. The standard InChI is InChI=1S/C15H8N2O3/c16-9-10-5-7-11(8-6-10)20-17-14(18)12-3-1-2-4-13(12)15(17)19/h1-8H. The van der Waals surface area contributed by atoms with Crippen molar-refractivity contribution in [3.05, 3.63) is 65.2 Å². The van der Waals surface area contributed by atoms with Crippen molar-refractivity contribution in [3.8, 4) is 11.8 Å². The van der Waals surface area contributed by atoms with E-state index in [9.17, 15) is 9.59 Å². The zero-order valence-corrected chi connectivity index (χ0v) is 10.2. The van der Waals surface area contributed by atoms with E-state index in [-0.39, 0.29) is 0 Å². The minimum Gasteiger partial charge on any atom is -0.368 e. The Balaban J connectivity index is 1.88. The third-order valence-corrected chi connectivity index (χ3v) is 2.94. The van der Waals surface area contributed by atoms with Gasteiger partial charge in [0, 0.05) is 0 Å². The van der Waals surface area contributed by atoms with Gasteiger partial charge in [0.25, 0.3) is 11.8 Å². The van der Waals surface area contributed by atoms with Crippen molar-refractivity contribution in [2.45, 2.75) is 0 Å². The van der Waals surface area contributed by atoms with Gasteiger partial charge in [-0.05, 0) is 36.4 Å². The third-order valence-electron chi connectivity index (χ3n) is 2.94. The quantitative estimate of drug-likeness (QED) is 0.779. The summed E-state index contributed by atoms with van der Waals surface area (Å²) < 4.78 is 0. The summed E-state index contributed by atoms with van der Waals surface area (Å²) in [6.45, 7) is 0. The van der Waals surface area contributed by atoms with Crippen LogP contribution < -0.4 is 4.84 Å². The fourth-order valence-electron chi connectivity index (χ4n) is 1.95. The Bertz CT molecular complexity index is 709. The first kappa shape index (κ1) is 11.9. The lowest BCUT2D eigenvalue weighted by Gasteiger charge is -2.14. The maximum absolute atomic E-state index is 12.1. The molecule has 96 valence electrons. The normalized spacial score (nSPS) is 13.1. The van der Waals surface area contributed by atoms with Gasteiger partial charge < -0.3 is 4.84 Å². The molecule has 1 aliphatic heterocycles. The molecule has 0 radical (unpaired) electrons. The van der Waals surface area contributed by atoms with Gasteiger partial charge in [-0.2, -0.15) is 5.26 Å². The summed E-state index contributed by atoms with van der Waals surface area (Å²) in [5.41, 5.74) is 1.12. The van der Waals surface area contributed by atoms with E-state index in [0.29, 0.717) is 22.4 Å². The molecule has 0 N–H and O–H groups in total. The lowest BCUT2D eigenvalue weighted by atomic mass is 10.1. The highest BCUT2D eigenvalue weighted by Crippen LogP contribution is 2.24. The molecule has 1 heterocycles. The molecule has 0 unspecified atom stereocenters. The Morgan fingerprint density at radius 1 is 0.900 bits per heavy atom. The number of carbonyl (C=O) groups excluding carboxylic acids is 2. The molecular formula is C15H8N2O3. The Morgan fingerprint density at radius 2 is 1.45 bits per heavy atom. The van der Waals surface area contributed by atoms with Gasteiger partial charge in [0.2, 0.25) is 0 Å². The van der Waals surface area contributed by atoms with Crippen LogP contribution in [-0.2, 0) is 0 Å². The summed E-state index contributed by atoms with van der Waals surface area (Å²) in [6, 6.07) is 14.7. The summed E-state index contributed by atoms with van der Waals surface area (Å²) >= 11 is 0. The minimum atomic E-state index is -0.491. The van der Waals surface area contributed by atoms with Gasteiger partial charge in [-0.25, -0.2) is 0 Å². The molecule has 0 saturated carbocycles. The molecule has 5 nitrogen and oxygen atoms in total. The van der Waals surface area contributed by atoms with E-state index >= 15 is 0 Å². The molecular weight excluding hydrogens is 256 g/mol. The maximum Gasteiger partial charge on any atom is 0.295 e. The van der Waals surface area contributed by atoms with Crippen molar-refractivity contribution in [2.75, 3.05) is 0 Å². The highest BCUT2D eigenvalue weighted by atomic mass is 16.7. The van der Waals surface area contributed by atoms with Crippen molar-refractivity contribution < 1.29 is 14.4 Å². The molecule has 0 bridgehead atoms. The number of hydrogen-bond acceptors (Lipinski definition) is 4. The van der Waals surface area contributed by atoms with Crippen LogP contribution in [0.4, 0.5) is 0 Å². The molecule has 0 aromatic heterocycles. The number of nitrogens with zero attached hydrogens (tertiary/aromatic N) is 2. The topological polar surface area (TPSA) is 70.4 Å². The first-order valence-electron chi connectivity index (χ1n) is 5.86. The molecule has 0 saturated heterocycles. The van der Waals surface area contributed by atoms with Crippen LogP contribution in [0.5, 0.6) is 5.75 Å². The van der Waals surface area contributed by atoms with E-state index in [4.69, 9.17) is 10.1 Å². The number of hydroxylamine groups is 2. The number of hydrogen-bond donors (Lipinski definition) is 0. The molecule has 1 aliphatic rings. The van der Waals surface area contributed by atoms with Crippen LogP contribution in [0.2, 0.25) is 0 Å². The van der Waals surface area contributed by atoms with Crippen LogP contribution in [0.3, 0.4) is 0 Å². The van der Waals surface area contributed by atoms with Gasteiger partial charge in [0.05, 0.1) is 22.8 Å². The van der Waals surface area contributed by atoms with Gasteiger partial charge in [0.1, 0.15) is 0 Å². The second-order valence-corrected chi connectivity index (χ2v) is 4.18. The van der Waals surface area contributed by atoms with Crippen LogP contribution in [-0.4, -0.2) is 16.9 Å². The molecule has 2 amide bonds. The fourth-order valence-corrected chi connectivity index (χ4v) is 1.95. The van der Waals surface area contributed by atoms with Crippen LogP contribution in [0.15, 0.2) is 48.5 Å². The highest BCUT2D eigenvalue weighted by molar-refractivity contribution is 6.20. The Labute approximate surface area is 114 Å². The summed E-state index contributed by atoms with van der Waals surface area (Å²) in [5.74, 6) is -0.663. The van der Waals surface area contributed by atoms with Gasteiger partial charge in [-0.15, -0.1) is 0 Å². The van der Waals surface area contributed by atoms with E-state index in [1.165, 1.54) is 12.1 Å². The number of amides is 2. The summed E-state index contributed by atoms with van der Waals surface area (Å²) in [7, 11) is 0. The first-order chi connectivity index (χ1) is 9.70. The zero-order valence-electron chi connectivity index (χ0n) is 10.2. The molecule has 0 fully saturated rings. The zero-order chi connectivity index (χ0) is 14.1. The van der Waals surface area contributed by atoms with Gasteiger partial charge in [0.15, 0.2) is 5.75 Å². The lowest BCUT2D eigenvalue weighted by Crippen LogP contribution is -2.33. The van der Waals surface area contributed by atoms with E-state index in [1.54, 1.807) is 36.4 Å². The monoisotopic (exact) mass is 264 g/mol. The molecule has 0 aliphatic carbocycles. The van der Waals surface area contributed by atoms with Crippen molar-refractivity contribution in [2.24, 2.45) is 0 Å². The SMILES string of the molecule is N#Cc1ccc(ON2C(=O)c3ccccc3C2=O)cc1. The fraction of sp³-hybridized carbons (Fsp3) is 0. The predicted octanol–water partition coefficient (Wildman–Crippen LogP) is 2.15. The number of rotatable bonds is 2. The number of imide groups is 1. The average Bonchev–Trinajstić information content (AvgIpc) is 2.74. The maximum atomic E-state index is 12.1. The summed E-state index contributed by atoms with van der Waals surface area (Å²) in [6.07, 6.45) is 0. The average molecular weight is 264 g/mol. The van der Waals surface area contributed by atoms with E-state index in [0.717, 1.165) is 5.06 Å². The largest absolute Gasteiger partial charge is 0.368 e. The van der Waals surface area contributed by atoms with Gasteiger partial charge in [-0.3, -0.25) is 9.59 Å². The van der Waals surface area contributed by atoms with Crippen molar-refractivity contribution in [1.29, 1.82) is 5.26 Å². The van der Waals surface area contributed by atoms with Crippen molar-refractivity contribution in [1.82, 2.24) is 5.06 Å². The van der Waals surface area contributed by atoms with Gasteiger partial charge >= 0.3 is 0 Å². The van der Waals surface area contributed by atoms with Crippen molar-refractivity contribution in [3.63, 3.8) is 0 Å². The summed E-state index contributed by atoms with van der Waals surface area (Å²) in [4.78, 5) is 29.4. The predicted molar refractivity (Wildman–Crippen MR) is 68.7 cm³/mol. The third kappa shape index (κ3) is 1.80. The summed E-state index contributed by atoms with van der Waals surface area (Å²) in [5, 5.41) is 9.43. The number of benzene rings is 2. The van der Waals surface area contributed by atoms with Crippen molar-refractivity contribution >= 4 is 11.8 Å². The number of fused-ring (bicyclic) bond motifs is 1. The molecule has 2 aromatic carbocycles. The number of carbonyl (C=O) groups is 2. The smallest absolute Gasteiger partial charge is 0.295 e. The van der Waals surface area contributed by atoms with E-state index in [1.807, 2.05) is 6.07 Å². The minimum absolute atomic E-state index is 0.318. The van der Waals surface area contributed by atoms with Crippen LogP contribution in [0, 0.1) is 11.3 Å². The van der Waals surface area contributed by atoms with Crippen LogP contribution in [0.1, 0.15) is 26.3 Å². The first-order valence-corrected chi connectivity index (χ1v) is 5.86.